The summed E-state index contributed by atoms with van der Waals surface area (Å²) in [7, 11) is 0. The van der Waals surface area contributed by atoms with Crippen molar-refractivity contribution in [3.63, 3.8) is 0 Å². The Morgan fingerprint density at radius 1 is 1.41 bits per heavy atom. The van der Waals surface area contributed by atoms with Gasteiger partial charge >= 0.3 is 12.2 Å². The fraction of sp³-hybridized carbons (Fsp3) is 0.286. The Bertz CT molecular complexity index is 773. The second kappa shape index (κ2) is 6.35. The second-order valence-corrected chi connectivity index (χ2v) is 5.79. The number of amides is 2. The Kier molecular flexibility index (Phi) is 4.70. The highest BCUT2D eigenvalue weighted by atomic mass is 32.1. The summed E-state index contributed by atoms with van der Waals surface area (Å²) < 4.78 is 39.0. The molecule has 0 fully saturated rings. The molecule has 0 saturated carbocycles. The molecule has 2 amide bonds. The van der Waals surface area contributed by atoms with Gasteiger partial charge in [-0.1, -0.05) is 35.6 Å². The van der Waals surface area contributed by atoms with E-state index >= 15 is 0 Å². The van der Waals surface area contributed by atoms with Gasteiger partial charge in [-0.2, -0.15) is 18.2 Å². The number of benzene rings is 1. The lowest BCUT2D eigenvalue weighted by atomic mass is 10.3. The predicted molar refractivity (Wildman–Crippen MR) is 79.6 cm³/mol. The number of para-hydroxylation sites is 1. The number of carbonyl (C=O) groups is 1. The number of rotatable bonds is 3. The summed E-state index contributed by atoms with van der Waals surface area (Å²) >= 11 is 1.24. The number of allylic oxidation sites excluding steroid dienone is 1. The molecular formula is C14H14F3N3OS. The molecule has 2 aromatic rings. The third-order valence-corrected chi connectivity index (χ3v) is 3.71. The molecule has 0 aliphatic carbocycles. The number of nitrogens with one attached hydrogen (secondary N) is 1. The highest BCUT2D eigenvalue weighted by Crippen LogP contribution is 2.17. The van der Waals surface area contributed by atoms with Crippen molar-refractivity contribution in [3.8, 4) is 0 Å². The summed E-state index contributed by atoms with van der Waals surface area (Å²) in [5.74, 6) is 0. The summed E-state index contributed by atoms with van der Waals surface area (Å²) in [5, 5.41) is 1.74. The first-order chi connectivity index (χ1) is 10.3. The van der Waals surface area contributed by atoms with E-state index in [9.17, 15) is 18.0 Å². The van der Waals surface area contributed by atoms with Crippen molar-refractivity contribution in [2.24, 2.45) is 4.99 Å². The van der Waals surface area contributed by atoms with Crippen molar-refractivity contribution in [1.29, 1.82) is 0 Å². The molecule has 1 aromatic heterocycles. The summed E-state index contributed by atoms with van der Waals surface area (Å²) in [6.45, 7) is 4.68. The summed E-state index contributed by atoms with van der Waals surface area (Å²) in [4.78, 5) is 15.6. The van der Waals surface area contributed by atoms with Gasteiger partial charge in [0.05, 0.1) is 10.2 Å². The molecule has 1 N–H and O–H groups in total. The molecular weight excluding hydrogens is 315 g/mol. The molecule has 0 bridgehead atoms. The number of hydrogen-bond acceptors (Lipinski definition) is 2. The van der Waals surface area contributed by atoms with Crippen molar-refractivity contribution in [3.05, 3.63) is 41.2 Å². The molecule has 0 aliphatic rings. The average Bonchev–Trinajstić information content (AvgIpc) is 2.73. The van der Waals surface area contributed by atoms with Crippen LogP contribution in [0.2, 0.25) is 0 Å². The Morgan fingerprint density at radius 3 is 2.73 bits per heavy atom. The lowest BCUT2D eigenvalue weighted by molar-refractivity contribution is -0.122. The molecule has 1 heterocycles. The summed E-state index contributed by atoms with van der Waals surface area (Å²) in [6.07, 6.45) is -4.46. The number of thiazole rings is 1. The third-order valence-electron chi connectivity index (χ3n) is 2.65. The van der Waals surface area contributed by atoms with Crippen LogP contribution >= 0.6 is 11.3 Å². The van der Waals surface area contributed by atoms with Crippen LogP contribution in [0.4, 0.5) is 18.0 Å². The smallest absolute Gasteiger partial charge is 0.327 e. The van der Waals surface area contributed by atoms with Crippen molar-refractivity contribution < 1.29 is 18.0 Å². The largest absolute Gasteiger partial charge is 0.405 e. The minimum Gasteiger partial charge on any atom is -0.327 e. The van der Waals surface area contributed by atoms with Gasteiger partial charge in [0, 0.05) is 6.54 Å². The maximum absolute atomic E-state index is 12.1. The summed E-state index contributed by atoms with van der Waals surface area (Å²) in [6, 6.07) is 6.40. The SMILES string of the molecule is C=C(C)Cn1c(=NC(=O)NCC(F)(F)F)sc2ccccc21. The van der Waals surface area contributed by atoms with Gasteiger partial charge in [0.15, 0.2) is 4.80 Å². The normalized spacial score (nSPS) is 12.6. The Balaban J connectivity index is 2.38. The van der Waals surface area contributed by atoms with Gasteiger partial charge < -0.3 is 9.88 Å². The number of hydrogen-bond donors (Lipinski definition) is 1. The highest BCUT2D eigenvalue weighted by molar-refractivity contribution is 7.16. The minimum atomic E-state index is -4.46. The van der Waals surface area contributed by atoms with Crippen molar-refractivity contribution in [1.82, 2.24) is 9.88 Å². The number of alkyl halides is 3. The lowest BCUT2D eigenvalue weighted by Gasteiger charge is -2.06. The lowest BCUT2D eigenvalue weighted by Crippen LogP contribution is -2.33. The quantitative estimate of drug-likeness (QED) is 0.862. The number of nitrogens with zero attached hydrogens (tertiary/aromatic N) is 2. The van der Waals surface area contributed by atoms with Gasteiger partial charge in [0.25, 0.3) is 0 Å². The maximum Gasteiger partial charge on any atom is 0.405 e. The van der Waals surface area contributed by atoms with E-state index in [0.717, 1.165) is 15.8 Å². The Labute approximate surface area is 128 Å². The molecule has 22 heavy (non-hydrogen) atoms. The molecule has 0 spiro atoms. The van der Waals surface area contributed by atoms with Gasteiger partial charge in [-0.05, 0) is 19.1 Å². The van der Waals surface area contributed by atoms with Crippen LogP contribution in [0.15, 0.2) is 41.4 Å². The van der Waals surface area contributed by atoms with E-state index in [-0.39, 0.29) is 0 Å². The molecule has 8 heteroatoms. The average molecular weight is 329 g/mol. The van der Waals surface area contributed by atoms with Gasteiger partial charge in [0.1, 0.15) is 6.54 Å². The van der Waals surface area contributed by atoms with Crippen LogP contribution in [-0.2, 0) is 6.54 Å². The van der Waals surface area contributed by atoms with E-state index in [1.807, 2.05) is 31.2 Å². The summed E-state index contributed by atoms with van der Waals surface area (Å²) in [5.41, 5.74) is 1.71. The van der Waals surface area contributed by atoms with Crippen molar-refractivity contribution in [2.75, 3.05) is 6.54 Å². The molecule has 4 nitrogen and oxygen atoms in total. The van der Waals surface area contributed by atoms with Gasteiger partial charge in [-0.25, -0.2) is 4.79 Å². The first-order valence-electron chi connectivity index (χ1n) is 6.38. The number of carbonyl (C=O) groups excluding carboxylic acids is 1. The monoisotopic (exact) mass is 329 g/mol. The number of fused-ring (bicyclic) bond motifs is 1. The first-order valence-corrected chi connectivity index (χ1v) is 7.20. The van der Waals surface area contributed by atoms with E-state index in [0.29, 0.717) is 11.3 Å². The van der Waals surface area contributed by atoms with Crippen LogP contribution < -0.4 is 10.1 Å². The molecule has 0 saturated heterocycles. The van der Waals surface area contributed by atoms with Crippen molar-refractivity contribution in [2.45, 2.75) is 19.6 Å². The van der Waals surface area contributed by atoms with Crippen LogP contribution in [-0.4, -0.2) is 23.3 Å². The van der Waals surface area contributed by atoms with E-state index in [1.54, 1.807) is 9.88 Å². The predicted octanol–water partition coefficient (Wildman–Crippen LogP) is 3.45. The fourth-order valence-corrected chi connectivity index (χ4v) is 2.86. The maximum atomic E-state index is 12.1. The highest BCUT2D eigenvalue weighted by Gasteiger charge is 2.27. The number of halogens is 3. The standard InChI is InChI=1S/C14H14F3N3OS/c1-9(2)7-20-10-5-3-4-6-11(10)22-13(20)19-12(21)18-8-14(15,16)17/h3-6H,1,7-8H2,2H3,(H,18,21). The molecule has 0 atom stereocenters. The number of urea groups is 1. The Hall–Kier alpha value is -2.09. The molecule has 0 unspecified atom stereocenters. The van der Waals surface area contributed by atoms with E-state index in [1.165, 1.54) is 11.3 Å². The van der Waals surface area contributed by atoms with Crippen LogP contribution in [0.1, 0.15) is 6.92 Å². The topological polar surface area (TPSA) is 46.4 Å². The molecule has 0 radical (unpaired) electrons. The van der Waals surface area contributed by atoms with Crippen LogP contribution in [0, 0.1) is 0 Å². The molecule has 118 valence electrons. The van der Waals surface area contributed by atoms with Gasteiger partial charge in [0.2, 0.25) is 0 Å². The van der Waals surface area contributed by atoms with Crippen LogP contribution in [0.3, 0.4) is 0 Å². The zero-order chi connectivity index (χ0) is 16.3. The van der Waals surface area contributed by atoms with Gasteiger partial charge in [-0.3, -0.25) is 0 Å². The molecule has 1 aromatic carbocycles. The zero-order valence-electron chi connectivity index (χ0n) is 11.8. The molecule has 0 aliphatic heterocycles. The fourth-order valence-electron chi connectivity index (χ4n) is 1.83. The number of aromatic nitrogens is 1. The van der Waals surface area contributed by atoms with E-state index in [4.69, 9.17) is 0 Å². The zero-order valence-corrected chi connectivity index (χ0v) is 12.6. The van der Waals surface area contributed by atoms with E-state index in [2.05, 4.69) is 11.6 Å². The first kappa shape index (κ1) is 16.3. The van der Waals surface area contributed by atoms with Crippen LogP contribution in [0.25, 0.3) is 10.2 Å². The van der Waals surface area contributed by atoms with Crippen molar-refractivity contribution >= 4 is 27.6 Å². The second-order valence-electron chi connectivity index (χ2n) is 4.78. The van der Waals surface area contributed by atoms with Crippen LogP contribution in [0.5, 0.6) is 0 Å². The third kappa shape index (κ3) is 4.20. The minimum absolute atomic E-state index is 0.337. The van der Waals surface area contributed by atoms with Gasteiger partial charge in [-0.15, -0.1) is 0 Å². The molecule has 2 rings (SSSR count). The Morgan fingerprint density at radius 2 is 2.09 bits per heavy atom. The van der Waals surface area contributed by atoms with E-state index < -0.39 is 18.8 Å².